The number of rotatable bonds is 12. The maximum atomic E-state index is 13.7. The molecule has 1 aromatic heterocycles. The van der Waals surface area contributed by atoms with Crippen LogP contribution < -0.4 is 16.0 Å². The van der Waals surface area contributed by atoms with Crippen LogP contribution in [0.5, 0.6) is 0 Å². The van der Waals surface area contributed by atoms with Gasteiger partial charge in [-0.1, -0.05) is 62.4 Å². The molecule has 3 aromatic carbocycles. The van der Waals surface area contributed by atoms with E-state index in [2.05, 4.69) is 29.8 Å². The molecule has 0 saturated heterocycles. The van der Waals surface area contributed by atoms with Gasteiger partial charge in [0.1, 0.15) is 16.3 Å². The van der Waals surface area contributed by atoms with Crippen LogP contribution in [0.15, 0.2) is 89.5 Å². The summed E-state index contributed by atoms with van der Waals surface area (Å²) in [4.78, 5) is 69.5. The number of nitrogens with zero attached hydrogens (tertiary/aromatic N) is 1. The molecule has 2 heterocycles. The van der Waals surface area contributed by atoms with E-state index in [0.717, 1.165) is 21.6 Å². The Kier molecular flexibility index (Phi) is 13.8. The van der Waals surface area contributed by atoms with Gasteiger partial charge in [-0.25, -0.2) is 9.59 Å². The fourth-order valence-electron chi connectivity index (χ4n) is 5.80. The molecule has 0 spiro atoms. The second-order valence-corrected chi connectivity index (χ2v) is 17.0. The number of hydrogen-bond acceptors (Lipinski definition) is 9. The molecule has 0 radical (unpaired) electrons. The van der Waals surface area contributed by atoms with Crippen molar-refractivity contribution in [2.24, 2.45) is 0 Å². The Labute approximate surface area is 336 Å². The average Bonchev–Trinajstić information content (AvgIpc) is 3.51. The standard InChI is InChI=1S/C43H48N4O7S2/c1-8-53-41(51)36-33-21-22-47(42(52)54-43(5,6)7)25-35(33)56-40(36)46-37(48)27(4)55-32-16-12-15-31(24-32)44-39(50)34(45-38(49)30-13-10-9-11-14-30)23-28-17-19-29(20-18-28)26(2)3/h9-20,23-24,26-27H,8,21-22,25H2,1-7H3,(H,44,50)(H,45,49)(H,46,48)/b34-23+. The number of amides is 4. The highest BCUT2D eigenvalue weighted by Crippen LogP contribution is 2.39. The fraction of sp³-hybridized carbons (Fsp3) is 0.326. The summed E-state index contributed by atoms with van der Waals surface area (Å²) < 4.78 is 10.9. The number of carbonyl (C=O) groups excluding carboxylic acids is 5. The van der Waals surface area contributed by atoms with E-state index in [4.69, 9.17) is 9.47 Å². The number of hydrogen-bond donors (Lipinski definition) is 3. The Balaban J connectivity index is 1.30. The number of anilines is 2. The molecule has 1 aliphatic heterocycles. The first-order valence-corrected chi connectivity index (χ1v) is 20.2. The molecule has 0 bridgehead atoms. The number of ether oxygens (including phenoxy) is 2. The van der Waals surface area contributed by atoms with E-state index in [0.29, 0.717) is 45.6 Å². The van der Waals surface area contributed by atoms with Crippen molar-refractivity contribution in [2.45, 2.75) is 83.1 Å². The number of fused-ring (bicyclic) bond motifs is 1. The maximum absolute atomic E-state index is 13.7. The molecule has 11 nitrogen and oxygen atoms in total. The lowest BCUT2D eigenvalue weighted by Gasteiger charge is -2.30. The highest BCUT2D eigenvalue weighted by molar-refractivity contribution is 8.00. The monoisotopic (exact) mass is 796 g/mol. The van der Waals surface area contributed by atoms with Crippen molar-refractivity contribution in [3.8, 4) is 0 Å². The molecule has 1 aliphatic rings. The van der Waals surface area contributed by atoms with Crippen molar-refractivity contribution < 1.29 is 33.4 Å². The molecule has 4 aromatic rings. The summed E-state index contributed by atoms with van der Waals surface area (Å²) in [6.45, 7) is 13.9. The Morgan fingerprint density at radius 2 is 1.64 bits per heavy atom. The topological polar surface area (TPSA) is 143 Å². The Morgan fingerprint density at radius 1 is 0.929 bits per heavy atom. The molecule has 294 valence electrons. The van der Waals surface area contributed by atoms with E-state index in [-0.39, 0.29) is 24.8 Å². The molecule has 1 unspecified atom stereocenters. The summed E-state index contributed by atoms with van der Waals surface area (Å²) in [5, 5.41) is 8.37. The van der Waals surface area contributed by atoms with E-state index in [1.807, 2.05) is 36.4 Å². The van der Waals surface area contributed by atoms with Crippen molar-refractivity contribution >= 4 is 69.6 Å². The summed E-state index contributed by atoms with van der Waals surface area (Å²) in [7, 11) is 0. The lowest BCUT2D eigenvalue weighted by Crippen LogP contribution is -2.39. The van der Waals surface area contributed by atoms with Crippen molar-refractivity contribution in [1.82, 2.24) is 10.2 Å². The number of thioether (sulfide) groups is 1. The summed E-state index contributed by atoms with van der Waals surface area (Å²) in [5.74, 6) is -1.47. The summed E-state index contributed by atoms with van der Waals surface area (Å²) in [5.41, 5.74) is 3.25. The molecule has 13 heteroatoms. The van der Waals surface area contributed by atoms with Crippen LogP contribution in [0.4, 0.5) is 15.5 Å². The minimum atomic E-state index is -0.651. The Hall–Kier alpha value is -5.40. The van der Waals surface area contributed by atoms with Gasteiger partial charge in [-0.15, -0.1) is 23.1 Å². The zero-order valence-corrected chi connectivity index (χ0v) is 34.3. The van der Waals surface area contributed by atoms with Crippen LogP contribution >= 0.6 is 23.1 Å². The van der Waals surface area contributed by atoms with Crippen LogP contribution in [0.3, 0.4) is 0 Å². The normalized spacial score (nSPS) is 13.4. The van der Waals surface area contributed by atoms with Gasteiger partial charge in [0.15, 0.2) is 0 Å². The number of benzene rings is 3. The van der Waals surface area contributed by atoms with Crippen LogP contribution in [0, 0.1) is 0 Å². The highest BCUT2D eigenvalue weighted by Gasteiger charge is 2.33. The number of nitrogens with one attached hydrogen (secondary N) is 3. The van der Waals surface area contributed by atoms with Crippen LogP contribution in [0.2, 0.25) is 0 Å². The zero-order chi connectivity index (χ0) is 40.6. The summed E-state index contributed by atoms with van der Waals surface area (Å²) in [6.07, 6.45) is 1.60. The molecular weight excluding hydrogens is 749 g/mol. The van der Waals surface area contributed by atoms with Gasteiger partial charge in [0, 0.05) is 27.6 Å². The van der Waals surface area contributed by atoms with Crippen molar-refractivity contribution in [1.29, 1.82) is 0 Å². The van der Waals surface area contributed by atoms with Crippen molar-refractivity contribution in [3.05, 3.63) is 117 Å². The van der Waals surface area contributed by atoms with E-state index < -0.39 is 34.7 Å². The molecule has 1 atom stereocenters. The van der Waals surface area contributed by atoms with Gasteiger partial charge < -0.3 is 30.3 Å². The third-order valence-corrected chi connectivity index (χ3v) is 10.9. The number of carbonyl (C=O) groups is 5. The summed E-state index contributed by atoms with van der Waals surface area (Å²) in [6, 6.07) is 23.5. The minimum Gasteiger partial charge on any atom is -0.462 e. The first-order chi connectivity index (χ1) is 26.6. The van der Waals surface area contributed by atoms with E-state index >= 15 is 0 Å². The van der Waals surface area contributed by atoms with Crippen molar-refractivity contribution in [2.75, 3.05) is 23.8 Å². The SMILES string of the molecule is CCOC(=O)c1c(NC(=O)C(C)Sc2cccc(NC(=O)/C(=C\c3ccc(C(C)C)cc3)NC(=O)c3ccccc3)c2)sc2c1CCN(C(=O)OC(C)(C)C)C2. The van der Waals surface area contributed by atoms with Crippen LogP contribution in [0.1, 0.15) is 96.7 Å². The smallest absolute Gasteiger partial charge is 0.410 e. The van der Waals surface area contributed by atoms with Crippen molar-refractivity contribution in [3.63, 3.8) is 0 Å². The zero-order valence-electron chi connectivity index (χ0n) is 32.7. The number of esters is 1. The third-order valence-electron chi connectivity index (χ3n) is 8.64. The van der Waals surface area contributed by atoms with E-state index in [1.54, 1.807) is 88.1 Å². The van der Waals surface area contributed by atoms with Gasteiger partial charge in [-0.3, -0.25) is 14.4 Å². The molecule has 3 N–H and O–H groups in total. The molecule has 0 aliphatic carbocycles. The quantitative estimate of drug-likeness (QED) is 0.0733. The predicted molar refractivity (Wildman–Crippen MR) is 222 cm³/mol. The molecular formula is C43H48N4O7S2. The molecule has 0 saturated carbocycles. The van der Waals surface area contributed by atoms with Crippen LogP contribution in [-0.2, 0) is 32.0 Å². The lowest BCUT2D eigenvalue weighted by molar-refractivity contribution is -0.115. The second kappa shape index (κ2) is 18.5. The first-order valence-electron chi connectivity index (χ1n) is 18.5. The van der Waals surface area contributed by atoms with Crippen LogP contribution in [0.25, 0.3) is 6.08 Å². The summed E-state index contributed by atoms with van der Waals surface area (Å²) >= 11 is 2.52. The molecule has 4 amide bonds. The minimum absolute atomic E-state index is 0.0622. The predicted octanol–water partition coefficient (Wildman–Crippen LogP) is 8.87. The number of thiophene rings is 1. The van der Waals surface area contributed by atoms with Gasteiger partial charge in [0.2, 0.25) is 5.91 Å². The third kappa shape index (κ3) is 11.1. The van der Waals surface area contributed by atoms with Gasteiger partial charge >= 0.3 is 12.1 Å². The van der Waals surface area contributed by atoms with E-state index in [9.17, 15) is 24.0 Å². The Bertz CT molecular complexity index is 2100. The largest absolute Gasteiger partial charge is 0.462 e. The van der Waals surface area contributed by atoms with E-state index in [1.165, 1.54) is 23.1 Å². The van der Waals surface area contributed by atoms with Gasteiger partial charge in [-0.05, 0) is 100 Å². The second-order valence-electron chi connectivity index (χ2n) is 14.5. The molecule has 56 heavy (non-hydrogen) atoms. The fourth-order valence-corrected chi connectivity index (χ4v) is 7.98. The van der Waals surface area contributed by atoms with Crippen LogP contribution in [-0.4, -0.2) is 58.7 Å². The molecule has 5 rings (SSSR count). The average molecular weight is 797 g/mol. The van der Waals surface area contributed by atoms with Gasteiger partial charge in [-0.2, -0.15) is 0 Å². The first kappa shape index (κ1) is 41.8. The maximum Gasteiger partial charge on any atom is 0.410 e. The molecule has 0 fully saturated rings. The van der Waals surface area contributed by atoms with Gasteiger partial charge in [0.25, 0.3) is 11.8 Å². The Morgan fingerprint density at radius 3 is 2.30 bits per heavy atom. The highest BCUT2D eigenvalue weighted by atomic mass is 32.2. The lowest BCUT2D eigenvalue weighted by atomic mass is 10.0. The van der Waals surface area contributed by atoms with Gasteiger partial charge in [0.05, 0.1) is 24.0 Å².